The molecule has 1 aliphatic rings. The Morgan fingerprint density at radius 3 is 1.80 bits per heavy atom. The van der Waals surface area contributed by atoms with Gasteiger partial charge in [-0.2, -0.15) is 0 Å². The van der Waals surface area contributed by atoms with Crippen molar-refractivity contribution in [1.29, 1.82) is 0 Å². The van der Waals surface area contributed by atoms with Gasteiger partial charge in [-0.25, -0.2) is 0 Å². The van der Waals surface area contributed by atoms with Crippen LogP contribution >= 0.6 is 24.8 Å². The monoisotopic (exact) mass is 412 g/mol. The van der Waals surface area contributed by atoms with Gasteiger partial charge in [-0.15, -0.1) is 24.8 Å². The molecule has 117 valence electrons. The van der Waals surface area contributed by atoms with Crippen LogP contribution in [0.4, 0.5) is 0 Å². The van der Waals surface area contributed by atoms with Crippen LogP contribution in [0.3, 0.4) is 0 Å². The average molecular weight is 415 g/mol. The second kappa shape index (κ2) is 7.99. The van der Waals surface area contributed by atoms with Crippen molar-refractivity contribution in [3.05, 3.63) is 22.5 Å². The van der Waals surface area contributed by atoms with Crippen molar-refractivity contribution >= 4 is 33.6 Å². The molecule has 0 aliphatic heterocycles. The van der Waals surface area contributed by atoms with Crippen molar-refractivity contribution in [2.75, 3.05) is 0 Å². The number of rotatable bonds is 2. The third-order valence-electron chi connectivity index (χ3n) is 3.41. The molecule has 1 rings (SSSR count). The number of nitrogens with zero attached hydrogens (tertiary/aromatic N) is 1. The van der Waals surface area contributed by atoms with E-state index in [1.54, 1.807) is 16.5 Å². The van der Waals surface area contributed by atoms with E-state index in [-0.39, 0.29) is 35.8 Å². The molecule has 0 atom stereocenters. The van der Waals surface area contributed by atoms with E-state index >= 15 is 0 Å². The fourth-order valence-electron chi connectivity index (χ4n) is 2.58. The summed E-state index contributed by atoms with van der Waals surface area (Å²) < 4.78 is 2.57. The van der Waals surface area contributed by atoms with Crippen molar-refractivity contribution in [1.82, 2.24) is 2.84 Å². The quantitative estimate of drug-likeness (QED) is 0.572. The van der Waals surface area contributed by atoms with Gasteiger partial charge < -0.3 is 0 Å². The van der Waals surface area contributed by atoms with Crippen LogP contribution in [0.15, 0.2) is 22.5 Å². The van der Waals surface area contributed by atoms with E-state index in [0.717, 1.165) is 6.42 Å². The minimum atomic E-state index is -0.728. The largest absolute Gasteiger partial charge is 0.147 e. The Morgan fingerprint density at radius 2 is 1.50 bits per heavy atom. The molecule has 0 saturated heterocycles. The van der Waals surface area contributed by atoms with Crippen LogP contribution in [0.2, 0.25) is 13.1 Å². The molecule has 0 heterocycles. The molecule has 0 aromatic rings. The van der Waals surface area contributed by atoms with Crippen LogP contribution < -0.4 is 0 Å². The number of allylic oxidation sites excluding steroid dienone is 3. The van der Waals surface area contributed by atoms with Crippen molar-refractivity contribution in [3.63, 3.8) is 0 Å². The summed E-state index contributed by atoms with van der Waals surface area (Å²) in [5.74, 6) is 0. The summed E-state index contributed by atoms with van der Waals surface area (Å²) >= 11 is 1.51. The van der Waals surface area contributed by atoms with Gasteiger partial charge >= 0.3 is 131 Å². The number of hydrogen-bond acceptors (Lipinski definition) is 1. The third-order valence-corrected chi connectivity index (χ3v) is 7.49. The van der Waals surface area contributed by atoms with Crippen LogP contribution in [0.1, 0.15) is 48.0 Å². The third kappa shape index (κ3) is 5.30. The normalized spacial score (nSPS) is 15.7. The second-order valence-electron chi connectivity index (χ2n) is 7.60. The molecule has 0 N–H and O–H groups in total. The molecule has 0 aromatic carbocycles. The van der Waals surface area contributed by atoms with Crippen LogP contribution in [-0.2, 0) is 25.0 Å². The molecule has 20 heavy (non-hydrogen) atoms. The smallest absolute Gasteiger partial charge is 0.147 e. The van der Waals surface area contributed by atoms with Crippen LogP contribution in [0, 0.1) is 5.41 Å². The summed E-state index contributed by atoms with van der Waals surface area (Å²) in [6.45, 7) is 19.0. The summed E-state index contributed by atoms with van der Waals surface area (Å²) in [4.78, 5) is 0. The molecule has 1 nitrogen and oxygen atoms in total. The van der Waals surface area contributed by atoms with Crippen molar-refractivity contribution in [2.24, 2.45) is 5.41 Å². The molecule has 0 unspecified atom stereocenters. The number of hydrogen-bond donors (Lipinski definition) is 0. The Labute approximate surface area is 155 Å². The minimum Gasteiger partial charge on any atom is -0.147 e. The standard InChI is InChI=1S/C15H28NSi.2ClH.Zr/c1-14(2,3)13-11(16-15(4,5)6)9-10-12(13)17(7)8;;;/h10,17H,9H2,1-8H3;2*1H;/q-1;;;+1. The van der Waals surface area contributed by atoms with Gasteiger partial charge in [0.25, 0.3) is 0 Å². The minimum absolute atomic E-state index is 0. The Bertz CT molecular complexity index is 390. The van der Waals surface area contributed by atoms with Gasteiger partial charge in [0.05, 0.1) is 0 Å². The molecule has 0 bridgehead atoms. The maximum atomic E-state index is 2.57. The average Bonchev–Trinajstić information content (AvgIpc) is 2.57. The second-order valence-corrected chi connectivity index (χ2v) is 11.6. The summed E-state index contributed by atoms with van der Waals surface area (Å²) in [5.41, 5.74) is 3.75. The predicted octanol–water partition coefficient (Wildman–Crippen LogP) is 5.05. The van der Waals surface area contributed by atoms with Crippen LogP contribution in [0.5, 0.6) is 0 Å². The summed E-state index contributed by atoms with van der Waals surface area (Å²) in [6.07, 6.45) is 3.66. The van der Waals surface area contributed by atoms with Gasteiger partial charge in [0, 0.05) is 0 Å². The molecule has 0 fully saturated rings. The van der Waals surface area contributed by atoms with Gasteiger partial charge in [0.15, 0.2) is 0 Å². The van der Waals surface area contributed by atoms with E-state index in [9.17, 15) is 0 Å². The molecule has 0 amide bonds. The SMILES string of the molecule is C[SiH](C)C1=CCC([N]([Zr])C(C)(C)C)=C1C(C)(C)C.Cl.Cl. The first-order chi connectivity index (χ1) is 7.96. The zero-order valence-electron chi connectivity index (χ0n) is 14.1. The molecular formula is C15H30Cl2NSiZr. The zero-order chi connectivity index (χ0) is 14.3. The number of halogens is 2. The molecule has 0 saturated carbocycles. The van der Waals surface area contributed by atoms with Gasteiger partial charge in [-0.05, 0) is 0 Å². The van der Waals surface area contributed by atoms with Crippen molar-refractivity contribution in [3.8, 4) is 0 Å². The first-order valence-electron chi connectivity index (χ1n) is 6.91. The van der Waals surface area contributed by atoms with Gasteiger partial charge in [-0.1, -0.05) is 0 Å². The van der Waals surface area contributed by atoms with E-state index in [0.29, 0.717) is 0 Å². The maximum Gasteiger partial charge on any atom is -0.147 e. The Balaban J connectivity index is 0. The first-order valence-corrected chi connectivity index (χ1v) is 10.9. The van der Waals surface area contributed by atoms with Crippen molar-refractivity contribution in [2.45, 2.75) is 66.6 Å². The van der Waals surface area contributed by atoms with Gasteiger partial charge in [0.1, 0.15) is 0 Å². The fourth-order valence-corrected chi connectivity index (χ4v) is 4.84. The van der Waals surface area contributed by atoms with E-state index < -0.39 is 8.80 Å². The zero-order valence-corrected chi connectivity index (χ0v) is 19.4. The molecule has 5 heteroatoms. The fraction of sp³-hybridized carbons (Fsp3) is 0.733. The molecule has 0 radical (unpaired) electrons. The van der Waals surface area contributed by atoms with Gasteiger partial charge in [0.2, 0.25) is 0 Å². The molecule has 1 aliphatic carbocycles. The molecule has 0 spiro atoms. The molecule has 0 aromatic heterocycles. The Morgan fingerprint density at radius 1 is 1.05 bits per heavy atom. The summed E-state index contributed by atoms with van der Waals surface area (Å²) in [7, 11) is -0.728. The van der Waals surface area contributed by atoms with E-state index in [1.165, 1.54) is 25.0 Å². The van der Waals surface area contributed by atoms with Crippen LogP contribution in [-0.4, -0.2) is 17.2 Å². The van der Waals surface area contributed by atoms with Crippen LogP contribution in [0.25, 0.3) is 0 Å². The van der Waals surface area contributed by atoms with Crippen molar-refractivity contribution < 1.29 is 25.0 Å². The first kappa shape index (κ1) is 23.2. The topological polar surface area (TPSA) is 3.24 Å². The predicted molar refractivity (Wildman–Crippen MR) is 94.1 cm³/mol. The summed E-state index contributed by atoms with van der Waals surface area (Å²) in [6, 6.07) is 0. The Hall–Kier alpha value is 0.960. The Kier molecular flexibility index (Phi) is 9.28. The van der Waals surface area contributed by atoms with Gasteiger partial charge in [-0.3, -0.25) is 0 Å². The van der Waals surface area contributed by atoms with E-state index in [1.807, 2.05) is 0 Å². The molecular weight excluding hydrogens is 384 g/mol. The van der Waals surface area contributed by atoms with E-state index in [4.69, 9.17) is 0 Å². The maximum absolute atomic E-state index is 2.57. The summed E-state index contributed by atoms with van der Waals surface area (Å²) in [5, 5.41) is 1.70. The van der Waals surface area contributed by atoms with E-state index in [2.05, 4.69) is 63.6 Å².